The molecule has 3 fully saturated rings. The van der Waals surface area contributed by atoms with Crippen molar-refractivity contribution in [1.82, 2.24) is 9.80 Å². The Bertz CT molecular complexity index is 919. The molecule has 3 saturated heterocycles. The maximum atomic E-state index is 12.9. The number of amides is 2. The van der Waals surface area contributed by atoms with E-state index in [9.17, 15) is 9.59 Å². The third-order valence-corrected chi connectivity index (χ3v) is 6.47. The maximum absolute atomic E-state index is 12.9. The number of nitrogens with zero attached hydrogens (tertiary/aromatic N) is 2. The van der Waals surface area contributed by atoms with E-state index in [-0.39, 0.29) is 24.0 Å². The molecule has 0 radical (unpaired) electrons. The Morgan fingerprint density at radius 1 is 1.10 bits per heavy atom. The first kappa shape index (κ1) is 19.1. The second-order valence-electron chi connectivity index (χ2n) is 8.19. The van der Waals surface area contributed by atoms with Gasteiger partial charge in [0, 0.05) is 19.4 Å². The van der Waals surface area contributed by atoms with Gasteiger partial charge in [0.2, 0.25) is 11.8 Å². The summed E-state index contributed by atoms with van der Waals surface area (Å²) in [6.07, 6.45) is 1.96. The molecule has 30 heavy (non-hydrogen) atoms. The normalized spacial score (nSPS) is 27.3. The summed E-state index contributed by atoms with van der Waals surface area (Å²) in [6.45, 7) is 1.69. The largest absolute Gasteiger partial charge is 0.494 e. The molecule has 3 aliphatic heterocycles. The molecule has 3 aliphatic rings. The molecule has 0 N–H and O–H groups in total. The molecule has 0 aliphatic carbocycles. The van der Waals surface area contributed by atoms with Gasteiger partial charge in [-0.3, -0.25) is 9.59 Å². The Morgan fingerprint density at radius 3 is 2.60 bits per heavy atom. The molecule has 3 heterocycles. The highest BCUT2D eigenvalue weighted by molar-refractivity contribution is 5.84. The Kier molecular flexibility index (Phi) is 4.95. The number of likely N-dealkylation sites (tertiary alicyclic amines) is 1. The average molecular weight is 406 g/mol. The molecule has 0 saturated carbocycles. The lowest BCUT2D eigenvalue weighted by Gasteiger charge is -2.32. The van der Waals surface area contributed by atoms with E-state index in [1.165, 1.54) is 0 Å². The van der Waals surface area contributed by atoms with Crippen molar-refractivity contribution in [2.45, 2.75) is 43.6 Å². The number of carbonyl (C=O) groups excluding carboxylic acids is 2. The molecular formula is C24H26N2O4. The van der Waals surface area contributed by atoms with Crippen molar-refractivity contribution >= 4 is 11.8 Å². The van der Waals surface area contributed by atoms with Crippen LogP contribution in [0.4, 0.5) is 0 Å². The van der Waals surface area contributed by atoms with Crippen LogP contribution >= 0.6 is 0 Å². The van der Waals surface area contributed by atoms with Gasteiger partial charge >= 0.3 is 0 Å². The second kappa shape index (κ2) is 7.76. The number of benzene rings is 2. The van der Waals surface area contributed by atoms with E-state index in [1.54, 1.807) is 0 Å². The van der Waals surface area contributed by atoms with Crippen molar-refractivity contribution in [1.29, 1.82) is 0 Å². The van der Waals surface area contributed by atoms with Gasteiger partial charge in [-0.1, -0.05) is 48.5 Å². The van der Waals surface area contributed by atoms with Crippen LogP contribution < -0.4 is 4.74 Å². The predicted molar refractivity (Wildman–Crippen MR) is 111 cm³/mol. The Balaban J connectivity index is 1.21. The van der Waals surface area contributed by atoms with Gasteiger partial charge < -0.3 is 19.3 Å². The average Bonchev–Trinajstić information content (AvgIpc) is 3.41. The molecule has 6 heteroatoms. The number of para-hydroxylation sites is 1. The number of hydrogen-bond acceptors (Lipinski definition) is 4. The lowest BCUT2D eigenvalue weighted by atomic mass is 10.1. The Morgan fingerprint density at radius 2 is 1.83 bits per heavy atom. The quantitative estimate of drug-likeness (QED) is 0.692. The summed E-state index contributed by atoms with van der Waals surface area (Å²) in [6, 6.07) is 19.4. The van der Waals surface area contributed by atoms with Crippen LogP contribution in [0.1, 0.15) is 37.4 Å². The van der Waals surface area contributed by atoms with Crippen LogP contribution in [-0.2, 0) is 14.3 Å². The molecule has 1 spiro atoms. The first-order valence-electron chi connectivity index (χ1n) is 10.7. The molecule has 0 aromatic heterocycles. The fourth-order valence-corrected chi connectivity index (χ4v) is 5.04. The molecular weight excluding hydrogens is 380 g/mol. The molecule has 156 valence electrons. The zero-order chi connectivity index (χ0) is 20.6. The van der Waals surface area contributed by atoms with Gasteiger partial charge in [-0.2, -0.15) is 0 Å². The summed E-state index contributed by atoms with van der Waals surface area (Å²) in [7, 11) is 0. The molecule has 0 unspecified atom stereocenters. The van der Waals surface area contributed by atoms with Gasteiger partial charge in [-0.05, 0) is 24.1 Å². The lowest BCUT2D eigenvalue weighted by Crippen LogP contribution is -2.48. The van der Waals surface area contributed by atoms with Crippen molar-refractivity contribution in [2.75, 3.05) is 19.7 Å². The second-order valence-corrected chi connectivity index (χ2v) is 8.19. The minimum atomic E-state index is -0.659. The van der Waals surface area contributed by atoms with Gasteiger partial charge in [0.1, 0.15) is 11.9 Å². The van der Waals surface area contributed by atoms with Crippen molar-refractivity contribution in [3.63, 3.8) is 0 Å². The zero-order valence-corrected chi connectivity index (χ0v) is 16.9. The van der Waals surface area contributed by atoms with Gasteiger partial charge in [-0.15, -0.1) is 0 Å². The van der Waals surface area contributed by atoms with Crippen molar-refractivity contribution in [2.24, 2.45) is 0 Å². The highest BCUT2D eigenvalue weighted by Crippen LogP contribution is 2.50. The van der Waals surface area contributed by atoms with E-state index in [4.69, 9.17) is 9.47 Å². The summed E-state index contributed by atoms with van der Waals surface area (Å²) in [5, 5.41) is 0. The highest BCUT2D eigenvalue weighted by atomic mass is 16.5. The molecule has 0 bridgehead atoms. The first-order valence-corrected chi connectivity index (χ1v) is 10.7. The van der Waals surface area contributed by atoms with Gasteiger partial charge in [0.15, 0.2) is 5.72 Å². The topological polar surface area (TPSA) is 59.1 Å². The van der Waals surface area contributed by atoms with Gasteiger partial charge in [0.25, 0.3) is 0 Å². The zero-order valence-electron chi connectivity index (χ0n) is 16.9. The smallest absolute Gasteiger partial charge is 0.227 e. The molecule has 3 atom stereocenters. The van der Waals surface area contributed by atoms with Gasteiger partial charge in [0.05, 0.1) is 25.6 Å². The van der Waals surface area contributed by atoms with E-state index in [0.29, 0.717) is 45.4 Å². The number of ether oxygens (including phenoxy) is 2. The Hall–Kier alpha value is -2.86. The van der Waals surface area contributed by atoms with Crippen molar-refractivity contribution in [3.8, 4) is 5.75 Å². The predicted octanol–water partition coefficient (Wildman–Crippen LogP) is 3.15. The molecule has 2 amide bonds. The third kappa shape index (κ3) is 3.25. The molecule has 2 aromatic carbocycles. The SMILES string of the molecule is O=C(CCCOc1ccccc1)N1CC[C@@]23O[C@@H](c4ccccc4)CN2C(=O)C[C@@H]13. The molecule has 6 nitrogen and oxygen atoms in total. The van der Waals surface area contributed by atoms with Crippen LogP contribution in [0.5, 0.6) is 5.75 Å². The standard InChI is InChI=1S/C24H26N2O4/c27-22(12-7-15-29-19-10-5-2-6-11-19)25-14-13-24-21(25)16-23(28)26(24)17-20(30-24)18-8-3-1-4-9-18/h1-6,8-11,20-21H,7,12-17H2/t20-,21-,24+/m1/s1. The monoisotopic (exact) mass is 406 g/mol. The lowest BCUT2D eigenvalue weighted by molar-refractivity contribution is -0.143. The van der Waals surface area contributed by atoms with E-state index in [1.807, 2.05) is 70.5 Å². The minimum Gasteiger partial charge on any atom is -0.494 e. The summed E-state index contributed by atoms with van der Waals surface area (Å²) in [5.41, 5.74) is 0.420. The fourth-order valence-electron chi connectivity index (χ4n) is 5.04. The van der Waals surface area contributed by atoms with E-state index < -0.39 is 5.72 Å². The van der Waals surface area contributed by atoms with Crippen molar-refractivity contribution in [3.05, 3.63) is 66.2 Å². The van der Waals surface area contributed by atoms with Gasteiger partial charge in [-0.25, -0.2) is 0 Å². The van der Waals surface area contributed by atoms with Crippen LogP contribution in [0.15, 0.2) is 60.7 Å². The summed E-state index contributed by atoms with van der Waals surface area (Å²) in [4.78, 5) is 29.4. The van der Waals surface area contributed by atoms with Crippen LogP contribution in [0, 0.1) is 0 Å². The fraction of sp³-hybridized carbons (Fsp3) is 0.417. The highest BCUT2D eigenvalue weighted by Gasteiger charge is 2.64. The van der Waals surface area contributed by atoms with Crippen LogP contribution in [0.3, 0.4) is 0 Å². The summed E-state index contributed by atoms with van der Waals surface area (Å²) >= 11 is 0. The van der Waals surface area contributed by atoms with E-state index >= 15 is 0 Å². The van der Waals surface area contributed by atoms with Crippen LogP contribution in [-0.4, -0.2) is 53.1 Å². The molecule has 5 rings (SSSR count). The third-order valence-electron chi connectivity index (χ3n) is 6.47. The van der Waals surface area contributed by atoms with Crippen LogP contribution in [0.25, 0.3) is 0 Å². The summed E-state index contributed by atoms with van der Waals surface area (Å²) < 4.78 is 12.2. The first-order chi connectivity index (χ1) is 14.7. The molecule has 2 aromatic rings. The number of hydrogen-bond donors (Lipinski definition) is 0. The van der Waals surface area contributed by atoms with Crippen molar-refractivity contribution < 1.29 is 19.1 Å². The number of carbonyl (C=O) groups is 2. The van der Waals surface area contributed by atoms with Crippen LogP contribution in [0.2, 0.25) is 0 Å². The Labute approximate surface area is 176 Å². The van der Waals surface area contributed by atoms with E-state index in [0.717, 1.165) is 11.3 Å². The maximum Gasteiger partial charge on any atom is 0.227 e. The van der Waals surface area contributed by atoms with E-state index in [2.05, 4.69) is 0 Å². The summed E-state index contributed by atoms with van der Waals surface area (Å²) in [5.74, 6) is 0.978. The minimum absolute atomic E-state index is 0.0787. The number of rotatable bonds is 6.